The van der Waals surface area contributed by atoms with E-state index in [1.807, 2.05) is 0 Å². The molecule has 0 saturated heterocycles. The molecule has 0 spiro atoms. The Morgan fingerprint density at radius 3 is 2.57 bits per heavy atom. The van der Waals surface area contributed by atoms with E-state index in [2.05, 4.69) is 12.2 Å². The molecule has 82 valence electrons. The summed E-state index contributed by atoms with van der Waals surface area (Å²) in [6, 6.07) is 0.671. The zero-order valence-electron chi connectivity index (χ0n) is 8.91. The van der Waals surface area contributed by atoms with Crippen LogP contribution in [0.3, 0.4) is 0 Å². The average molecular weight is 199 g/mol. The molecule has 0 aromatic heterocycles. The molecule has 2 aliphatic carbocycles. The fourth-order valence-electron chi connectivity index (χ4n) is 2.30. The van der Waals surface area contributed by atoms with Crippen LogP contribution in [0.25, 0.3) is 0 Å². The summed E-state index contributed by atoms with van der Waals surface area (Å²) in [5.41, 5.74) is 0. The van der Waals surface area contributed by atoms with Crippen molar-refractivity contribution in [2.45, 2.75) is 50.9 Å². The van der Waals surface area contributed by atoms with Crippen molar-refractivity contribution in [1.82, 2.24) is 5.32 Å². The Morgan fingerprint density at radius 2 is 2.00 bits per heavy atom. The fourth-order valence-corrected chi connectivity index (χ4v) is 2.30. The van der Waals surface area contributed by atoms with Gasteiger partial charge in [0, 0.05) is 12.6 Å². The van der Waals surface area contributed by atoms with E-state index in [4.69, 9.17) is 9.84 Å². The third-order valence-electron chi connectivity index (χ3n) is 3.40. The van der Waals surface area contributed by atoms with E-state index in [1.54, 1.807) is 0 Å². The van der Waals surface area contributed by atoms with Crippen molar-refractivity contribution >= 4 is 0 Å². The van der Waals surface area contributed by atoms with E-state index in [0.29, 0.717) is 12.1 Å². The third kappa shape index (κ3) is 2.47. The molecule has 0 aromatic carbocycles. The minimum absolute atomic E-state index is 0.0145. The van der Waals surface area contributed by atoms with Crippen LogP contribution in [-0.2, 0) is 4.74 Å². The van der Waals surface area contributed by atoms with Crippen LogP contribution in [0.1, 0.15) is 32.6 Å². The lowest BCUT2D eigenvalue weighted by Crippen LogP contribution is -2.48. The van der Waals surface area contributed by atoms with Gasteiger partial charge >= 0.3 is 0 Å². The van der Waals surface area contributed by atoms with Gasteiger partial charge in [-0.25, -0.2) is 0 Å². The predicted molar refractivity (Wildman–Crippen MR) is 55.2 cm³/mol. The number of rotatable bonds is 5. The van der Waals surface area contributed by atoms with Gasteiger partial charge in [0.1, 0.15) is 0 Å². The number of hydrogen-bond donors (Lipinski definition) is 2. The summed E-state index contributed by atoms with van der Waals surface area (Å²) in [4.78, 5) is 0. The van der Waals surface area contributed by atoms with Crippen molar-refractivity contribution in [2.24, 2.45) is 5.92 Å². The Bertz CT molecular complexity index is 174. The zero-order valence-corrected chi connectivity index (χ0v) is 8.91. The molecule has 2 aliphatic rings. The highest BCUT2D eigenvalue weighted by molar-refractivity contribution is 4.88. The molecule has 0 unspecified atom stereocenters. The number of aliphatic hydroxyl groups excluding tert-OH is 1. The van der Waals surface area contributed by atoms with Crippen molar-refractivity contribution in [3.8, 4) is 0 Å². The number of hydrogen-bond acceptors (Lipinski definition) is 3. The topological polar surface area (TPSA) is 41.5 Å². The normalized spacial score (nSPS) is 41.6. The molecule has 0 heterocycles. The lowest BCUT2D eigenvalue weighted by molar-refractivity contribution is -0.0151. The minimum atomic E-state index is -0.0145. The maximum atomic E-state index is 9.12. The van der Waals surface area contributed by atoms with Gasteiger partial charge < -0.3 is 15.2 Å². The first-order valence-corrected chi connectivity index (χ1v) is 5.81. The monoisotopic (exact) mass is 199 g/mol. The van der Waals surface area contributed by atoms with Gasteiger partial charge in [0.25, 0.3) is 0 Å². The Labute approximate surface area is 85.8 Å². The summed E-state index contributed by atoms with van der Waals surface area (Å²) in [6.07, 6.45) is 4.82. The highest BCUT2D eigenvalue weighted by Gasteiger charge is 2.32. The van der Waals surface area contributed by atoms with Crippen LogP contribution in [0.2, 0.25) is 0 Å². The predicted octanol–water partition coefficient (Wildman–Crippen LogP) is 0.914. The van der Waals surface area contributed by atoms with Crippen molar-refractivity contribution < 1.29 is 9.84 Å². The molecule has 0 radical (unpaired) electrons. The minimum Gasteiger partial charge on any atom is -0.393 e. The molecule has 0 atom stereocenters. The third-order valence-corrected chi connectivity index (χ3v) is 3.40. The molecule has 14 heavy (non-hydrogen) atoms. The van der Waals surface area contributed by atoms with E-state index >= 15 is 0 Å². The maximum absolute atomic E-state index is 9.12. The summed E-state index contributed by atoms with van der Waals surface area (Å²) in [7, 11) is 0. The average Bonchev–Trinajstić information content (AvgIpc) is 2.04. The van der Waals surface area contributed by atoms with E-state index in [-0.39, 0.29) is 6.10 Å². The molecule has 0 amide bonds. The van der Waals surface area contributed by atoms with Crippen LogP contribution in [-0.4, -0.2) is 36.5 Å². The first-order chi connectivity index (χ1) is 6.78. The van der Waals surface area contributed by atoms with Crippen LogP contribution >= 0.6 is 0 Å². The molecule has 2 fully saturated rings. The number of ether oxygens (including phenoxy) is 1. The van der Waals surface area contributed by atoms with Crippen LogP contribution in [0.5, 0.6) is 0 Å². The second kappa shape index (κ2) is 4.60. The quantitative estimate of drug-likeness (QED) is 0.691. The Kier molecular flexibility index (Phi) is 3.42. The van der Waals surface area contributed by atoms with Crippen molar-refractivity contribution in [1.29, 1.82) is 0 Å². The summed E-state index contributed by atoms with van der Waals surface area (Å²) in [5, 5.41) is 12.7. The maximum Gasteiger partial charge on any atom is 0.0604 e. The smallest absolute Gasteiger partial charge is 0.0604 e. The Balaban J connectivity index is 1.48. The highest BCUT2D eigenvalue weighted by atomic mass is 16.5. The Morgan fingerprint density at radius 1 is 1.29 bits per heavy atom. The summed E-state index contributed by atoms with van der Waals surface area (Å²) in [6.45, 7) is 3.98. The van der Waals surface area contributed by atoms with Gasteiger partial charge in [-0.15, -0.1) is 0 Å². The van der Waals surface area contributed by atoms with Crippen molar-refractivity contribution in [3.05, 3.63) is 0 Å². The second-order valence-corrected chi connectivity index (χ2v) is 4.65. The van der Waals surface area contributed by atoms with Crippen LogP contribution in [0.15, 0.2) is 0 Å². The van der Waals surface area contributed by atoms with Gasteiger partial charge in [-0.05, 0) is 45.1 Å². The summed E-state index contributed by atoms with van der Waals surface area (Å²) < 4.78 is 5.49. The molecular weight excluding hydrogens is 178 g/mol. The summed E-state index contributed by atoms with van der Waals surface area (Å²) >= 11 is 0. The Hall–Kier alpha value is -0.120. The zero-order chi connectivity index (χ0) is 9.97. The first-order valence-electron chi connectivity index (χ1n) is 5.81. The van der Waals surface area contributed by atoms with Crippen molar-refractivity contribution in [3.63, 3.8) is 0 Å². The molecule has 2 saturated carbocycles. The molecule has 0 aliphatic heterocycles. The first kappa shape index (κ1) is 10.4. The van der Waals surface area contributed by atoms with Crippen LogP contribution < -0.4 is 5.32 Å². The lowest BCUT2D eigenvalue weighted by Gasteiger charge is -2.38. The molecule has 3 nitrogen and oxygen atoms in total. The van der Waals surface area contributed by atoms with E-state index in [1.165, 1.54) is 12.8 Å². The van der Waals surface area contributed by atoms with E-state index in [0.717, 1.165) is 31.9 Å². The van der Waals surface area contributed by atoms with Crippen molar-refractivity contribution in [2.75, 3.05) is 13.2 Å². The van der Waals surface area contributed by atoms with Gasteiger partial charge in [-0.3, -0.25) is 0 Å². The molecular formula is C11H21NO2. The molecule has 2 rings (SSSR count). The van der Waals surface area contributed by atoms with Crippen LogP contribution in [0.4, 0.5) is 0 Å². The van der Waals surface area contributed by atoms with Gasteiger partial charge in [0.05, 0.1) is 12.2 Å². The van der Waals surface area contributed by atoms with Crippen LogP contribution in [0, 0.1) is 5.92 Å². The number of nitrogens with one attached hydrogen (secondary N) is 1. The standard InChI is InChI=1S/C11H21NO2/c1-2-14-11-5-9(6-11)12-7-8-3-10(13)4-8/h8-13H,2-7H2,1H3. The van der Waals surface area contributed by atoms with Gasteiger partial charge in [0.15, 0.2) is 0 Å². The fraction of sp³-hybridized carbons (Fsp3) is 1.00. The SMILES string of the molecule is CCOC1CC(NCC2CC(O)C2)C1. The number of aliphatic hydroxyl groups is 1. The highest BCUT2D eigenvalue weighted by Crippen LogP contribution is 2.28. The molecule has 2 N–H and O–H groups in total. The van der Waals surface area contributed by atoms with E-state index < -0.39 is 0 Å². The lowest BCUT2D eigenvalue weighted by atomic mass is 9.81. The van der Waals surface area contributed by atoms with Gasteiger partial charge in [-0.2, -0.15) is 0 Å². The largest absolute Gasteiger partial charge is 0.393 e. The molecule has 0 bridgehead atoms. The second-order valence-electron chi connectivity index (χ2n) is 4.65. The summed E-state index contributed by atoms with van der Waals surface area (Å²) in [5.74, 6) is 0.719. The van der Waals surface area contributed by atoms with E-state index in [9.17, 15) is 0 Å². The molecule has 0 aromatic rings. The van der Waals surface area contributed by atoms with Gasteiger partial charge in [0.2, 0.25) is 0 Å². The molecule has 3 heteroatoms. The van der Waals surface area contributed by atoms with Gasteiger partial charge in [-0.1, -0.05) is 0 Å².